The Morgan fingerprint density at radius 1 is 1.08 bits per heavy atom. The number of benzene rings is 2. The van der Waals surface area contributed by atoms with Crippen LogP contribution in [-0.2, 0) is 11.2 Å². The largest absolute Gasteiger partial charge is 0.493 e. The van der Waals surface area contributed by atoms with Gasteiger partial charge in [0.05, 0.1) is 14.2 Å². The van der Waals surface area contributed by atoms with Crippen LogP contribution in [0.1, 0.15) is 12.5 Å². The Hall–Kier alpha value is -2.63. The predicted molar refractivity (Wildman–Crippen MR) is 87.4 cm³/mol. The summed E-state index contributed by atoms with van der Waals surface area (Å²) in [4.78, 5) is 12.2. The van der Waals surface area contributed by atoms with Crippen molar-refractivity contribution in [2.75, 3.05) is 19.5 Å². The van der Waals surface area contributed by atoms with Gasteiger partial charge in [0.25, 0.3) is 0 Å². The number of nitrogens with one attached hydrogen (secondary N) is 1. The zero-order valence-electron chi connectivity index (χ0n) is 13.7. The number of hydrogen-bond acceptors (Lipinski definition) is 3. The van der Waals surface area contributed by atoms with Gasteiger partial charge in [-0.25, -0.2) is 8.78 Å². The number of carbonyl (C=O) groups excluding carboxylic acids is 1. The molecule has 0 saturated carbocycles. The molecule has 2 aromatic carbocycles. The summed E-state index contributed by atoms with van der Waals surface area (Å²) in [7, 11) is 3.06. The van der Waals surface area contributed by atoms with Crippen molar-refractivity contribution < 1.29 is 23.0 Å². The van der Waals surface area contributed by atoms with E-state index in [0.717, 1.165) is 17.7 Å². The molecule has 1 unspecified atom stereocenters. The quantitative estimate of drug-likeness (QED) is 0.873. The molecular formula is C18H19F2NO3. The maximum atomic E-state index is 13.6. The summed E-state index contributed by atoms with van der Waals surface area (Å²) in [5.41, 5.74) is 0.422. The van der Waals surface area contributed by atoms with E-state index in [1.165, 1.54) is 20.3 Å². The van der Waals surface area contributed by atoms with Crippen LogP contribution in [0.5, 0.6) is 11.5 Å². The highest BCUT2D eigenvalue weighted by atomic mass is 19.1. The van der Waals surface area contributed by atoms with E-state index in [1.54, 1.807) is 19.1 Å². The summed E-state index contributed by atoms with van der Waals surface area (Å²) in [6.07, 6.45) is 0.391. The SMILES string of the molecule is COc1ccc(CC(C)C(=O)Nc2c(F)cccc2F)cc1OC. The smallest absolute Gasteiger partial charge is 0.227 e. The molecule has 2 aromatic rings. The van der Waals surface area contributed by atoms with Gasteiger partial charge < -0.3 is 14.8 Å². The number of hydrogen-bond donors (Lipinski definition) is 1. The van der Waals surface area contributed by atoms with Crippen molar-refractivity contribution in [2.45, 2.75) is 13.3 Å². The number of methoxy groups -OCH3 is 2. The van der Waals surface area contributed by atoms with Gasteiger partial charge in [-0.3, -0.25) is 4.79 Å². The maximum Gasteiger partial charge on any atom is 0.227 e. The monoisotopic (exact) mass is 335 g/mol. The number of anilines is 1. The van der Waals surface area contributed by atoms with E-state index in [4.69, 9.17) is 9.47 Å². The highest BCUT2D eigenvalue weighted by Gasteiger charge is 2.18. The molecule has 128 valence electrons. The first kappa shape index (κ1) is 17.7. The number of para-hydroxylation sites is 1. The van der Waals surface area contributed by atoms with Crippen LogP contribution in [0, 0.1) is 17.6 Å². The number of ether oxygens (including phenoxy) is 2. The molecule has 1 amide bonds. The van der Waals surface area contributed by atoms with Gasteiger partial charge in [0.15, 0.2) is 11.5 Å². The lowest BCUT2D eigenvalue weighted by atomic mass is 10.00. The van der Waals surface area contributed by atoms with Crippen LogP contribution in [0.25, 0.3) is 0 Å². The average Bonchev–Trinajstić information content (AvgIpc) is 2.57. The van der Waals surface area contributed by atoms with Crippen molar-refractivity contribution in [1.29, 1.82) is 0 Å². The number of amides is 1. The molecule has 0 bridgehead atoms. The highest BCUT2D eigenvalue weighted by Crippen LogP contribution is 2.28. The molecule has 4 nitrogen and oxygen atoms in total. The predicted octanol–water partition coefficient (Wildman–Crippen LogP) is 3.80. The van der Waals surface area contributed by atoms with Crippen molar-refractivity contribution in [2.24, 2.45) is 5.92 Å². The highest BCUT2D eigenvalue weighted by molar-refractivity contribution is 5.92. The summed E-state index contributed by atoms with van der Waals surface area (Å²) in [5.74, 6) is -1.41. The van der Waals surface area contributed by atoms with Crippen LogP contribution in [0.15, 0.2) is 36.4 Å². The number of rotatable bonds is 6. The number of halogens is 2. The first-order valence-corrected chi connectivity index (χ1v) is 7.42. The minimum atomic E-state index is -0.804. The Labute approximate surface area is 139 Å². The summed E-state index contributed by atoms with van der Waals surface area (Å²) >= 11 is 0. The van der Waals surface area contributed by atoms with Gasteiger partial charge in [-0.2, -0.15) is 0 Å². The molecule has 0 spiro atoms. The van der Waals surface area contributed by atoms with E-state index in [0.29, 0.717) is 17.9 Å². The number of carbonyl (C=O) groups is 1. The summed E-state index contributed by atoms with van der Waals surface area (Å²) in [6.45, 7) is 1.69. The molecule has 1 N–H and O–H groups in total. The maximum absolute atomic E-state index is 13.6. The van der Waals surface area contributed by atoms with E-state index in [1.807, 2.05) is 6.07 Å². The van der Waals surface area contributed by atoms with Gasteiger partial charge >= 0.3 is 0 Å². The van der Waals surface area contributed by atoms with Gasteiger partial charge in [0.2, 0.25) is 5.91 Å². The first-order valence-electron chi connectivity index (χ1n) is 7.42. The molecule has 6 heteroatoms. The molecule has 0 aromatic heterocycles. The zero-order valence-corrected chi connectivity index (χ0v) is 13.7. The van der Waals surface area contributed by atoms with Gasteiger partial charge in [0, 0.05) is 5.92 Å². The van der Waals surface area contributed by atoms with Crippen LogP contribution in [-0.4, -0.2) is 20.1 Å². The Bertz CT molecular complexity index is 714. The van der Waals surface area contributed by atoms with Crippen molar-refractivity contribution >= 4 is 11.6 Å². The second kappa shape index (κ2) is 7.77. The van der Waals surface area contributed by atoms with Crippen LogP contribution in [0.2, 0.25) is 0 Å². The molecule has 0 aliphatic rings. The molecule has 2 rings (SSSR count). The van der Waals surface area contributed by atoms with Crippen molar-refractivity contribution in [3.05, 3.63) is 53.6 Å². The fourth-order valence-electron chi connectivity index (χ4n) is 2.32. The van der Waals surface area contributed by atoms with Gasteiger partial charge in [0.1, 0.15) is 17.3 Å². The van der Waals surface area contributed by atoms with Gasteiger partial charge in [-0.05, 0) is 36.2 Å². The van der Waals surface area contributed by atoms with Crippen molar-refractivity contribution in [3.8, 4) is 11.5 Å². The van der Waals surface area contributed by atoms with Gasteiger partial charge in [-0.1, -0.05) is 19.1 Å². The van der Waals surface area contributed by atoms with Crippen LogP contribution in [0.4, 0.5) is 14.5 Å². The normalized spacial score (nSPS) is 11.7. The van der Waals surface area contributed by atoms with Crippen molar-refractivity contribution in [3.63, 3.8) is 0 Å². The molecule has 24 heavy (non-hydrogen) atoms. The summed E-state index contributed by atoms with van der Waals surface area (Å²) in [5, 5.41) is 2.30. The lowest BCUT2D eigenvalue weighted by Crippen LogP contribution is -2.23. The Balaban J connectivity index is 2.09. The van der Waals surface area contributed by atoms with E-state index in [2.05, 4.69) is 5.32 Å². The van der Waals surface area contributed by atoms with E-state index < -0.39 is 29.1 Å². The third-order valence-corrected chi connectivity index (χ3v) is 3.65. The Kier molecular flexibility index (Phi) is 5.73. The zero-order chi connectivity index (χ0) is 17.7. The molecule has 0 radical (unpaired) electrons. The third-order valence-electron chi connectivity index (χ3n) is 3.65. The molecule has 0 aliphatic heterocycles. The lowest BCUT2D eigenvalue weighted by Gasteiger charge is -2.14. The van der Waals surface area contributed by atoms with Crippen LogP contribution >= 0.6 is 0 Å². The molecular weight excluding hydrogens is 316 g/mol. The van der Waals surface area contributed by atoms with Crippen molar-refractivity contribution in [1.82, 2.24) is 0 Å². The third kappa shape index (κ3) is 4.01. The lowest BCUT2D eigenvalue weighted by molar-refractivity contribution is -0.119. The fraction of sp³-hybridized carbons (Fsp3) is 0.278. The summed E-state index contributed by atoms with van der Waals surface area (Å²) < 4.78 is 37.6. The minimum Gasteiger partial charge on any atom is -0.493 e. The average molecular weight is 335 g/mol. The molecule has 0 saturated heterocycles. The second-order valence-electron chi connectivity index (χ2n) is 5.38. The molecule has 0 fully saturated rings. The van der Waals surface area contributed by atoms with Crippen LogP contribution in [0.3, 0.4) is 0 Å². The Morgan fingerprint density at radius 3 is 2.29 bits per heavy atom. The minimum absolute atomic E-state index is 0.391. The molecule has 0 aliphatic carbocycles. The van der Waals surface area contributed by atoms with Crippen LogP contribution < -0.4 is 14.8 Å². The Morgan fingerprint density at radius 2 is 1.71 bits per heavy atom. The van der Waals surface area contributed by atoms with E-state index in [9.17, 15) is 13.6 Å². The second-order valence-corrected chi connectivity index (χ2v) is 5.38. The summed E-state index contributed by atoms with van der Waals surface area (Å²) in [6, 6.07) is 8.76. The van der Waals surface area contributed by atoms with E-state index in [-0.39, 0.29) is 0 Å². The topological polar surface area (TPSA) is 47.6 Å². The van der Waals surface area contributed by atoms with E-state index >= 15 is 0 Å². The van der Waals surface area contributed by atoms with Gasteiger partial charge in [-0.15, -0.1) is 0 Å². The fourth-order valence-corrected chi connectivity index (χ4v) is 2.32. The first-order chi connectivity index (χ1) is 11.5. The molecule has 1 atom stereocenters. The molecule has 0 heterocycles. The standard InChI is InChI=1S/C18H19F2NO3/c1-11(9-12-7-8-15(23-2)16(10-12)24-3)18(22)21-17-13(19)5-4-6-14(17)20/h4-8,10-11H,9H2,1-3H3,(H,21,22).